The maximum atomic E-state index is 12.8. The molecule has 0 aliphatic carbocycles. The molecule has 0 saturated heterocycles. The predicted octanol–water partition coefficient (Wildman–Crippen LogP) is 3.66. The zero-order valence-electron chi connectivity index (χ0n) is 12.1. The lowest BCUT2D eigenvalue weighted by Gasteiger charge is -2.11. The second-order valence-electron chi connectivity index (χ2n) is 4.81. The van der Waals surface area contributed by atoms with Gasteiger partial charge in [-0.25, -0.2) is 0 Å². The standard InChI is InChI=1S/C14H11ClF3N3O2S/c1-5-9(11(19)22)12(20)24-10(5)13(23)21-6-2-3-8(15)7(4-6)14(16,17)18/h2-4H,20H2,1H3,(H2,19,22)(H,21,23). The topological polar surface area (TPSA) is 98.2 Å². The molecule has 0 radical (unpaired) electrons. The number of halogens is 4. The summed E-state index contributed by atoms with van der Waals surface area (Å²) in [5.41, 5.74) is 9.96. The molecule has 0 atom stereocenters. The van der Waals surface area contributed by atoms with Crippen molar-refractivity contribution in [2.45, 2.75) is 13.1 Å². The minimum Gasteiger partial charge on any atom is -0.390 e. The largest absolute Gasteiger partial charge is 0.417 e. The number of alkyl halides is 3. The highest BCUT2D eigenvalue weighted by molar-refractivity contribution is 7.18. The average molecular weight is 378 g/mol. The Balaban J connectivity index is 2.35. The lowest BCUT2D eigenvalue weighted by Crippen LogP contribution is -2.15. The average Bonchev–Trinajstić information content (AvgIpc) is 2.75. The molecule has 2 amide bonds. The molecular formula is C14H11ClF3N3O2S. The molecule has 0 aliphatic rings. The molecular weight excluding hydrogens is 367 g/mol. The van der Waals surface area contributed by atoms with Gasteiger partial charge in [0, 0.05) is 5.69 Å². The van der Waals surface area contributed by atoms with Crippen molar-refractivity contribution >= 4 is 45.4 Å². The predicted molar refractivity (Wildman–Crippen MR) is 86.4 cm³/mol. The normalized spacial score (nSPS) is 11.4. The Morgan fingerprint density at radius 3 is 2.42 bits per heavy atom. The smallest absolute Gasteiger partial charge is 0.390 e. The van der Waals surface area contributed by atoms with E-state index >= 15 is 0 Å². The van der Waals surface area contributed by atoms with Crippen LogP contribution in [0.5, 0.6) is 0 Å². The number of amides is 2. The van der Waals surface area contributed by atoms with E-state index in [1.165, 1.54) is 13.0 Å². The van der Waals surface area contributed by atoms with E-state index in [1.54, 1.807) is 0 Å². The van der Waals surface area contributed by atoms with Gasteiger partial charge in [0.15, 0.2) is 0 Å². The molecule has 1 heterocycles. The van der Waals surface area contributed by atoms with Gasteiger partial charge in [-0.15, -0.1) is 11.3 Å². The van der Waals surface area contributed by atoms with Gasteiger partial charge in [0.1, 0.15) is 0 Å². The maximum absolute atomic E-state index is 12.8. The quantitative estimate of drug-likeness (QED) is 0.761. The van der Waals surface area contributed by atoms with Crippen LogP contribution in [0.3, 0.4) is 0 Å². The molecule has 2 aromatic rings. The summed E-state index contributed by atoms with van der Waals surface area (Å²) in [5.74, 6) is -1.49. The molecule has 5 nitrogen and oxygen atoms in total. The van der Waals surface area contributed by atoms with Crippen molar-refractivity contribution in [3.8, 4) is 0 Å². The van der Waals surface area contributed by atoms with Crippen LogP contribution in [0, 0.1) is 6.92 Å². The molecule has 128 valence electrons. The van der Waals surface area contributed by atoms with Crippen LogP contribution in [0.15, 0.2) is 18.2 Å². The third kappa shape index (κ3) is 3.46. The van der Waals surface area contributed by atoms with E-state index in [1.807, 2.05) is 0 Å². The Labute approximate surface area is 143 Å². The monoisotopic (exact) mass is 377 g/mol. The SMILES string of the molecule is Cc1c(C(=O)Nc2ccc(Cl)c(C(F)(F)F)c2)sc(N)c1C(N)=O. The first-order chi connectivity index (χ1) is 11.0. The fourth-order valence-electron chi connectivity index (χ4n) is 2.07. The molecule has 0 spiro atoms. The second-order valence-corrected chi connectivity index (χ2v) is 6.27. The molecule has 1 aromatic heterocycles. The zero-order valence-corrected chi connectivity index (χ0v) is 13.7. The number of carbonyl (C=O) groups excluding carboxylic acids is 2. The van der Waals surface area contributed by atoms with Crippen LogP contribution in [0.25, 0.3) is 0 Å². The summed E-state index contributed by atoms with van der Waals surface area (Å²) in [6.07, 6.45) is -4.65. The van der Waals surface area contributed by atoms with Crippen LogP contribution in [0.4, 0.5) is 23.9 Å². The molecule has 2 rings (SSSR count). The van der Waals surface area contributed by atoms with Gasteiger partial charge in [-0.2, -0.15) is 13.2 Å². The lowest BCUT2D eigenvalue weighted by atomic mass is 10.1. The van der Waals surface area contributed by atoms with Crippen LogP contribution in [0.1, 0.15) is 31.2 Å². The third-order valence-corrected chi connectivity index (χ3v) is 4.61. The number of benzene rings is 1. The molecule has 0 fully saturated rings. The van der Waals surface area contributed by atoms with E-state index in [9.17, 15) is 22.8 Å². The number of rotatable bonds is 3. The summed E-state index contributed by atoms with van der Waals surface area (Å²) in [5, 5.41) is 1.91. The molecule has 10 heteroatoms. The Hall–Kier alpha value is -2.26. The van der Waals surface area contributed by atoms with Gasteiger partial charge in [0.05, 0.1) is 26.0 Å². The third-order valence-electron chi connectivity index (χ3n) is 3.16. The summed E-state index contributed by atoms with van der Waals surface area (Å²) >= 11 is 6.35. The fourth-order valence-corrected chi connectivity index (χ4v) is 3.27. The van der Waals surface area contributed by atoms with E-state index in [-0.39, 0.29) is 26.7 Å². The van der Waals surface area contributed by atoms with Crippen molar-refractivity contribution in [3.63, 3.8) is 0 Å². The van der Waals surface area contributed by atoms with Gasteiger partial charge in [-0.05, 0) is 30.7 Å². The summed E-state index contributed by atoms with van der Waals surface area (Å²) < 4.78 is 38.5. The van der Waals surface area contributed by atoms with Crippen LogP contribution >= 0.6 is 22.9 Å². The molecule has 0 unspecified atom stereocenters. The first kappa shape index (κ1) is 18.1. The lowest BCUT2D eigenvalue weighted by molar-refractivity contribution is -0.137. The fraction of sp³-hybridized carbons (Fsp3) is 0.143. The van der Waals surface area contributed by atoms with Crippen molar-refractivity contribution < 1.29 is 22.8 Å². The second kappa shape index (κ2) is 6.33. The van der Waals surface area contributed by atoms with Crippen molar-refractivity contribution in [1.29, 1.82) is 0 Å². The number of carbonyl (C=O) groups is 2. The van der Waals surface area contributed by atoms with E-state index < -0.39 is 28.6 Å². The number of nitrogens with two attached hydrogens (primary N) is 2. The number of hydrogen-bond donors (Lipinski definition) is 3. The maximum Gasteiger partial charge on any atom is 0.417 e. The Morgan fingerprint density at radius 2 is 1.92 bits per heavy atom. The number of hydrogen-bond acceptors (Lipinski definition) is 4. The molecule has 0 saturated carbocycles. The Bertz CT molecular complexity index is 833. The van der Waals surface area contributed by atoms with E-state index in [0.29, 0.717) is 0 Å². The van der Waals surface area contributed by atoms with Crippen molar-refractivity contribution in [2.24, 2.45) is 5.73 Å². The summed E-state index contributed by atoms with van der Waals surface area (Å²) in [6, 6.07) is 2.99. The van der Waals surface area contributed by atoms with Crippen LogP contribution in [0.2, 0.25) is 5.02 Å². The number of nitrogen functional groups attached to an aromatic ring is 1. The van der Waals surface area contributed by atoms with E-state index in [0.717, 1.165) is 23.5 Å². The Kier molecular flexibility index (Phi) is 4.77. The number of nitrogens with one attached hydrogen (secondary N) is 1. The van der Waals surface area contributed by atoms with Gasteiger partial charge in [-0.1, -0.05) is 11.6 Å². The van der Waals surface area contributed by atoms with Crippen LogP contribution < -0.4 is 16.8 Å². The minimum atomic E-state index is -4.65. The highest BCUT2D eigenvalue weighted by Gasteiger charge is 2.33. The van der Waals surface area contributed by atoms with Gasteiger partial charge in [0.25, 0.3) is 11.8 Å². The van der Waals surface area contributed by atoms with Gasteiger partial charge < -0.3 is 16.8 Å². The van der Waals surface area contributed by atoms with E-state index in [4.69, 9.17) is 23.1 Å². The van der Waals surface area contributed by atoms with Gasteiger partial charge >= 0.3 is 6.18 Å². The number of anilines is 2. The van der Waals surface area contributed by atoms with E-state index in [2.05, 4.69) is 5.32 Å². The van der Waals surface area contributed by atoms with Crippen molar-refractivity contribution in [1.82, 2.24) is 0 Å². The van der Waals surface area contributed by atoms with Crippen LogP contribution in [-0.2, 0) is 6.18 Å². The highest BCUT2D eigenvalue weighted by atomic mass is 35.5. The zero-order chi connectivity index (χ0) is 18.2. The number of thiophene rings is 1. The molecule has 5 N–H and O–H groups in total. The van der Waals surface area contributed by atoms with Gasteiger partial charge in [-0.3, -0.25) is 9.59 Å². The molecule has 0 aliphatic heterocycles. The summed E-state index contributed by atoms with van der Waals surface area (Å²) in [6.45, 7) is 1.48. The minimum absolute atomic E-state index is 0.0252. The van der Waals surface area contributed by atoms with Gasteiger partial charge in [0.2, 0.25) is 0 Å². The summed E-state index contributed by atoms with van der Waals surface area (Å²) in [4.78, 5) is 23.6. The number of primary amides is 1. The van der Waals surface area contributed by atoms with Crippen LogP contribution in [-0.4, -0.2) is 11.8 Å². The van der Waals surface area contributed by atoms with Crippen molar-refractivity contribution in [2.75, 3.05) is 11.1 Å². The summed E-state index contributed by atoms with van der Waals surface area (Å²) in [7, 11) is 0. The molecule has 1 aromatic carbocycles. The highest BCUT2D eigenvalue weighted by Crippen LogP contribution is 2.36. The first-order valence-corrected chi connectivity index (χ1v) is 7.58. The first-order valence-electron chi connectivity index (χ1n) is 6.39. The van der Waals surface area contributed by atoms with Crippen molar-refractivity contribution in [3.05, 3.63) is 44.8 Å². The molecule has 0 bridgehead atoms. The molecule has 24 heavy (non-hydrogen) atoms. The Morgan fingerprint density at radius 1 is 1.29 bits per heavy atom.